The van der Waals surface area contributed by atoms with E-state index >= 15 is 0 Å². The third kappa shape index (κ3) is 2.38. The Hall–Kier alpha value is -2.21. The van der Waals surface area contributed by atoms with Crippen LogP contribution in [0.1, 0.15) is 20.0 Å². The van der Waals surface area contributed by atoms with Crippen molar-refractivity contribution in [3.05, 3.63) is 52.0 Å². The molecule has 1 heterocycles. The van der Waals surface area contributed by atoms with E-state index in [0.717, 1.165) is 11.3 Å². The van der Waals surface area contributed by atoms with Gasteiger partial charge in [-0.3, -0.25) is 4.79 Å². The van der Waals surface area contributed by atoms with Crippen molar-refractivity contribution in [1.82, 2.24) is 0 Å². The van der Waals surface area contributed by atoms with Gasteiger partial charge in [0.1, 0.15) is 10.7 Å². The fourth-order valence-electron chi connectivity index (χ4n) is 1.41. The van der Waals surface area contributed by atoms with E-state index in [9.17, 15) is 14.0 Å². The number of halogens is 1. The van der Waals surface area contributed by atoms with Crippen LogP contribution in [0.4, 0.5) is 10.1 Å². The Morgan fingerprint density at radius 1 is 1.22 bits per heavy atom. The number of carboxylic acid groups (broad SMARTS) is 1. The van der Waals surface area contributed by atoms with Gasteiger partial charge in [-0.1, -0.05) is 12.1 Å². The van der Waals surface area contributed by atoms with Crippen LogP contribution in [0.2, 0.25) is 0 Å². The first kappa shape index (κ1) is 12.3. The zero-order chi connectivity index (χ0) is 13.1. The lowest BCUT2D eigenvalue weighted by atomic mass is 10.2. The number of amides is 1. The van der Waals surface area contributed by atoms with Gasteiger partial charge in [0, 0.05) is 0 Å². The fraction of sp³-hybridized carbons (Fsp3) is 0. The van der Waals surface area contributed by atoms with E-state index in [4.69, 9.17) is 5.11 Å². The third-order valence-corrected chi connectivity index (χ3v) is 3.13. The van der Waals surface area contributed by atoms with Crippen LogP contribution in [-0.4, -0.2) is 17.0 Å². The molecule has 0 radical (unpaired) electrons. The molecule has 92 valence electrons. The molecule has 0 bridgehead atoms. The van der Waals surface area contributed by atoms with Crippen molar-refractivity contribution in [3.63, 3.8) is 0 Å². The molecule has 0 unspecified atom stereocenters. The second-order valence-electron chi connectivity index (χ2n) is 3.40. The van der Waals surface area contributed by atoms with Gasteiger partial charge in [-0.2, -0.15) is 0 Å². The van der Waals surface area contributed by atoms with Crippen molar-refractivity contribution >= 4 is 28.9 Å². The van der Waals surface area contributed by atoms with Crippen LogP contribution in [-0.2, 0) is 0 Å². The summed E-state index contributed by atoms with van der Waals surface area (Å²) in [6, 6.07) is 6.97. The summed E-state index contributed by atoms with van der Waals surface area (Å²) in [6.45, 7) is 0. The molecular weight excluding hydrogens is 257 g/mol. The lowest BCUT2D eigenvalue weighted by Gasteiger charge is -2.05. The van der Waals surface area contributed by atoms with Crippen LogP contribution in [0.15, 0.2) is 35.7 Å². The van der Waals surface area contributed by atoms with Gasteiger partial charge in [-0.05, 0) is 23.6 Å². The Bertz CT molecular complexity index is 609. The molecule has 0 spiro atoms. The Morgan fingerprint density at radius 2 is 1.94 bits per heavy atom. The van der Waals surface area contributed by atoms with E-state index in [1.54, 1.807) is 5.38 Å². The molecule has 0 saturated carbocycles. The largest absolute Gasteiger partial charge is 0.477 e. The SMILES string of the molecule is O=C(Nc1ccsc1C(=O)O)c1ccccc1F. The van der Waals surface area contributed by atoms with Gasteiger partial charge < -0.3 is 10.4 Å². The summed E-state index contributed by atoms with van der Waals surface area (Å²) >= 11 is 0.991. The van der Waals surface area contributed by atoms with Crippen molar-refractivity contribution in [3.8, 4) is 0 Å². The first-order valence-electron chi connectivity index (χ1n) is 4.96. The molecule has 0 fully saturated rings. The van der Waals surface area contributed by atoms with Crippen molar-refractivity contribution in [2.75, 3.05) is 5.32 Å². The number of carboxylic acids is 1. The average Bonchev–Trinajstić information content (AvgIpc) is 2.77. The number of thiophene rings is 1. The number of anilines is 1. The molecule has 4 nitrogen and oxygen atoms in total. The maximum atomic E-state index is 13.4. The first-order chi connectivity index (χ1) is 8.59. The molecule has 0 atom stereocenters. The summed E-state index contributed by atoms with van der Waals surface area (Å²) < 4.78 is 13.4. The number of carbonyl (C=O) groups is 2. The Kier molecular flexibility index (Phi) is 3.38. The summed E-state index contributed by atoms with van der Waals surface area (Å²) in [7, 11) is 0. The summed E-state index contributed by atoms with van der Waals surface area (Å²) in [5, 5.41) is 12.8. The smallest absolute Gasteiger partial charge is 0.348 e. The van der Waals surface area contributed by atoms with E-state index in [1.165, 1.54) is 30.3 Å². The summed E-state index contributed by atoms with van der Waals surface area (Å²) in [4.78, 5) is 22.6. The quantitative estimate of drug-likeness (QED) is 0.896. The molecule has 0 aliphatic carbocycles. The number of hydrogen-bond donors (Lipinski definition) is 2. The number of benzene rings is 1. The predicted molar refractivity (Wildman–Crippen MR) is 65.6 cm³/mol. The minimum absolute atomic E-state index is 0.0136. The van der Waals surface area contributed by atoms with Crippen LogP contribution in [0.5, 0.6) is 0 Å². The number of rotatable bonds is 3. The highest BCUT2D eigenvalue weighted by Crippen LogP contribution is 2.23. The minimum atomic E-state index is -1.13. The number of nitrogens with one attached hydrogen (secondary N) is 1. The van der Waals surface area contributed by atoms with Gasteiger partial charge in [0.05, 0.1) is 11.3 Å². The molecule has 0 aliphatic rings. The number of hydrogen-bond acceptors (Lipinski definition) is 3. The average molecular weight is 265 g/mol. The molecule has 2 N–H and O–H groups in total. The van der Waals surface area contributed by atoms with Crippen LogP contribution in [0.25, 0.3) is 0 Å². The molecule has 1 aromatic carbocycles. The number of carbonyl (C=O) groups excluding carboxylic acids is 1. The van der Waals surface area contributed by atoms with Crippen LogP contribution < -0.4 is 5.32 Å². The lowest BCUT2D eigenvalue weighted by molar-refractivity contribution is 0.0703. The molecule has 0 aliphatic heterocycles. The Morgan fingerprint density at radius 3 is 2.61 bits per heavy atom. The topological polar surface area (TPSA) is 66.4 Å². The van der Waals surface area contributed by atoms with Crippen LogP contribution >= 0.6 is 11.3 Å². The molecule has 1 amide bonds. The summed E-state index contributed by atoms with van der Waals surface area (Å²) in [5.41, 5.74) is 0.0424. The molecule has 1 aromatic heterocycles. The van der Waals surface area contributed by atoms with Gasteiger partial charge in [-0.15, -0.1) is 11.3 Å². The van der Waals surface area contributed by atoms with E-state index in [1.807, 2.05) is 0 Å². The maximum absolute atomic E-state index is 13.4. The summed E-state index contributed by atoms with van der Waals surface area (Å²) in [6.07, 6.45) is 0. The molecule has 0 saturated heterocycles. The predicted octanol–water partition coefficient (Wildman–Crippen LogP) is 2.84. The molecule has 18 heavy (non-hydrogen) atoms. The monoisotopic (exact) mass is 265 g/mol. The summed E-state index contributed by atoms with van der Waals surface area (Å²) in [5.74, 6) is -2.45. The van der Waals surface area contributed by atoms with Gasteiger partial charge >= 0.3 is 5.97 Å². The highest BCUT2D eigenvalue weighted by molar-refractivity contribution is 7.12. The van der Waals surface area contributed by atoms with Crippen LogP contribution in [0, 0.1) is 5.82 Å². The van der Waals surface area contributed by atoms with Gasteiger partial charge in [0.25, 0.3) is 5.91 Å². The van der Waals surface area contributed by atoms with E-state index < -0.39 is 17.7 Å². The van der Waals surface area contributed by atoms with Crippen LogP contribution in [0.3, 0.4) is 0 Å². The van der Waals surface area contributed by atoms with Gasteiger partial charge in [0.15, 0.2) is 0 Å². The van der Waals surface area contributed by atoms with E-state index in [0.29, 0.717) is 0 Å². The van der Waals surface area contributed by atoms with Crippen molar-refractivity contribution in [2.45, 2.75) is 0 Å². The van der Waals surface area contributed by atoms with E-state index in [-0.39, 0.29) is 16.1 Å². The first-order valence-corrected chi connectivity index (χ1v) is 5.84. The maximum Gasteiger partial charge on any atom is 0.348 e. The lowest BCUT2D eigenvalue weighted by Crippen LogP contribution is -2.14. The fourth-order valence-corrected chi connectivity index (χ4v) is 2.10. The second kappa shape index (κ2) is 4.97. The van der Waals surface area contributed by atoms with Gasteiger partial charge in [0.2, 0.25) is 0 Å². The van der Waals surface area contributed by atoms with Gasteiger partial charge in [-0.25, -0.2) is 9.18 Å². The highest BCUT2D eigenvalue weighted by atomic mass is 32.1. The van der Waals surface area contributed by atoms with Crippen molar-refractivity contribution in [2.24, 2.45) is 0 Å². The zero-order valence-electron chi connectivity index (χ0n) is 9.01. The van der Waals surface area contributed by atoms with Crippen molar-refractivity contribution in [1.29, 1.82) is 0 Å². The second-order valence-corrected chi connectivity index (χ2v) is 4.32. The zero-order valence-corrected chi connectivity index (χ0v) is 9.83. The standard InChI is InChI=1S/C12H8FNO3S/c13-8-4-2-1-3-7(8)11(15)14-9-5-6-18-10(9)12(16)17/h1-6H,(H,14,15)(H,16,17). The molecule has 2 rings (SSSR count). The highest BCUT2D eigenvalue weighted by Gasteiger charge is 2.16. The normalized spacial score (nSPS) is 10.1. The Labute approximate surface area is 106 Å². The Balaban J connectivity index is 2.25. The minimum Gasteiger partial charge on any atom is -0.477 e. The molecule has 2 aromatic rings. The van der Waals surface area contributed by atoms with Crippen molar-refractivity contribution < 1.29 is 19.1 Å². The third-order valence-electron chi connectivity index (χ3n) is 2.23. The van der Waals surface area contributed by atoms with E-state index in [2.05, 4.69) is 5.32 Å². The number of aromatic carboxylic acids is 1. The molecule has 6 heteroatoms. The molecular formula is C12H8FNO3S.